The summed E-state index contributed by atoms with van der Waals surface area (Å²) in [6, 6.07) is 18.3. The van der Waals surface area contributed by atoms with Gasteiger partial charge in [0, 0.05) is 35.6 Å². The molecule has 0 radical (unpaired) electrons. The predicted octanol–water partition coefficient (Wildman–Crippen LogP) is 3.17. The number of nitrogens with two attached hydrogens (primary N) is 2. The molecule has 0 saturated carbocycles. The summed E-state index contributed by atoms with van der Waals surface area (Å²) in [5.41, 5.74) is 16.7. The maximum atomic E-state index is 13.3. The Morgan fingerprint density at radius 2 is 1.88 bits per heavy atom. The second kappa shape index (κ2) is 13.2. The highest BCUT2D eigenvalue weighted by Gasteiger charge is 2.16. The zero-order valence-electron chi connectivity index (χ0n) is 23.3. The molecule has 0 aliphatic heterocycles. The molecule has 41 heavy (non-hydrogen) atoms. The lowest BCUT2D eigenvalue weighted by Crippen LogP contribution is -2.35. The quantitative estimate of drug-likeness (QED) is 0.0951. The van der Waals surface area contributed by atoms with Crippen molar-refractivity contribution in [3.05, 3.63) is 106 Å². The summed E-state index contributed by atoms with van der Waals surface area (Å²) in [7, 11) is 0. The van der Waals surface area contributed by atoms with Crippen molar-refractivity contribution in [2.75, 3.05) is 11.1 Å². The first-order valence-corrected chi connectivity index (χ1v) is 13.1. The number of carbonyl (C=O) groups is 1. The van der Waals surface area contributed by atoms with Crippen molar-refractivity contribution < 1.29 is 9.63 Å². The number of carbonyl (C=O) groups excluding carboxylic acids is 1. The van der Waals surface area contributed by atoms with Gasteiger partial charge in [0.15, 0.2) is 18.3 Å². The van der Waals surface area contributed by atoms with Gasteiger partial charge in [-0.05, 0) is 62.2 Å². The highest BCUT2D eigenvalue weighted by atomic mass is 16.6. The number of amides is 1. The van der Waals surface area contributed by atoms with Gasteiger partial charge in [-0.1, -0.05) is 35.5 Å². The van der Waals surface area contributed by atoms with Crippen molar-refractivity contribution in [3.8, 4) is 11.3 Å². The number of benzene rings is 2. The van der Waals surface area contributed by atoms with E-state index in [1.807, 2.05) is 63.2 Å². The van der Waals surface area contributed by atoms with E-state index in [1.165, 1.54) is 4.57 Å². The summed E-state index contributed by atoms with van der Waals surface area (Å²) in [6.45, 7) is 6.01. The number of nitrogens with zero attached hydrogens (tertiary/aromatic N) is 4. The Morgan fingerprint density at radius 1 is 1.10 bits per heavy atom. The van der Waals surface area contributed by atoms with Crippen LogP contribution >= 0.6 is 0 Å². The van der Waals surface area contributed by atoms with Crippen molar-refractivity contribution in [3.63, 3.8) is 0 Å². The number of oxime groups is 1. The molecule has 2 heterocycles. The Bertz CT molecular complexity index is 1560. The van der Waals surface area contributed by atoms with Crippen molar-refractivity contribution in [1.29, 1.82) is 0 Å². The molecule has 11 nitrogen and oxygen atoms in total. The van der Waals surface area contributed by atoms with Crippen LogP contribution in [0.3, 0.4) is 0 Å². The number of hydrogen-bond acceptors (Lipinski definition) is 8. The van der Waals surface area contributed by atoms with Crippen LogP contribution in [-0.4, -0.2) is 32.3 Å². The summed E-state index contributed by atoms with van der Waals surface area (Å²) in [5, 5.41) is 9.88. The molecule has 0 aliphatic carbocycles. The number of nitrogen functional groups attached to an aromatic ring is 1. The van der Waals surface area contributed by atoms with E-state index in [2.05, 4.69) is 25.8 Å². The van der Waals surface area contributed by atoms with Crippen LogP contribution in [-0.2, 0) is 29.3 Å². The van der Waals surface area contributed by atoms with Gasteiger partial charge < -0.3 is 26.9 Å². The smallest absolute Gasteiger partial charge is 0.294 e. The van der Waals surface area contributed by atoms with Gasteiger partial charge in [0.25, 0.3) is 5.56 Å². The van der Waals surface area contributed by atoms with Crippen LogP contribution in [0.15, 0.2) is 83.0 Å². The van der Waals surface area contributed by atoms with E-state index in [0.717, 1.165) is 16.8 Å². The van der Waals surface area contributed by atoms with E-state index in [0.29, 0.717) is 22.5 Å². The van der Waals surface area contributed by atoms with Crippen LogP contribution in [0.5, 0.6) is 0 Å². The third kappa shape index (κ3) is 7.91. The lowest BCUT2D eigenvalue weighted by molar-refractivity contribution is -0.121. The van der Waals surface area contributed by atoms with E-state index < -0.39 is 5.56 Å². The first-order chi connectivity index (χ1) is 19.7. The molecular weight excluding hydrogens is 520 g/mol. The van der Waals surface area contributed by atoms with E-state index in [4.69, 9.17) is 16.3 Å². The SMILES string of the molecule is Cc1cc(N)cc(-c2cnc(NC(C)C)c(=O)n2CC(=O)NCc2ccc(/C(N)=N/OCc3ccccn3)cc2)c1. The second-order valence-corrected chi connectivity index (χ2v) is 9.86. The van der Waals surface area contributed by atoms with Gasteiger partial charge in [-0.2, -0.15) is 0 Å². The standard InChI is InChI=1S/C30H34N8O3/c1-19(2)36-29-30(40)38(26(16-35-29)23-12-20(3)13-24(31)14-23)17-27(39)34-15-21-7-9-22(10-8-21)28(32)37-41-18-25-6-4-5-11-33-25/h4-14,16,19H,15,17-18,31H2,1-3H3,(H2,32,37)(H,34,39)(H,35,36). The van der Waals surface area contributed by atoms with E-state index in [-0.39, 0.29) is 43.3 Å². The largest absolute Gasteiger partial charge is 0.399 e. The lowest BCUT2D eigenvalue weighted by Gasteiger charge is -2.16. The number of amidine groups is 1. The zero-order chi connectivity index (χ0) is 29.4. The molecule has 2 aromatic heterocycles. The molecule has 0 unspecified atom stereocenters. The molecule has 0 fully saturated rings. The molecular formula is C30H34N8O3. The highest BCUT2D eigenvalue weighted by molar-refractivity contribution is 5.97. The summed E-state index contributed by atoms with van der Waals surface area (Å²) in [4.78, 5) is 40.1. The van der Waals surface area contributed by atoms with Crippen LogP contribution < -0.4 is 27.7 Å². The normalized spacial score (nSPS) is 11.4. The molecule has 0 saturated heterocycles. The van der Waals surface area contributed by atoms with Crippen molar-refractivity contribution >= 4 is 23.2 Å². The third-order valence-electron chi connectivity index (χ3n) is 6.02. The molecule has 2 aromatic carbocycles. The number of aromatic nitrogens is 3. The minimum absolute atomic E-state index is 0.00701. The number of nitrogens with one attached hydrogen (secondary N) is 2. The fourth-order valence-corrected chi connectivity index (χ4v) is 4.11. The number of hydrogen-bond donors (Lipinski definition) is 4. The van der Waals surface area contributed by atoms with Crippen LogP contribution in [0.4, 0.5) is 11.5 Å². The van der Waals surface area contributed by atoms with Crippen LogP contribution in [0.2, 0.25) is 0 Å². The Labute approximate surface area is 238 Å². The van der Waals surface area contributed by atoms with Gasteiger partial charge in [-0.3, -0.25) is 19.1 Å². The number of anilines is 2. The maximum Gasteiger partial charge on any atom is 0.294 e. The molecule has 4 rings (SSSR count). The van der Waals surface area contributed by atoms with Crippen molar-refractivity contribution in [2.45, 2.75) is 46.5 Å². The Kier molecular flexibility index (Phi) is 9.31. The maximum absolute atomic E-state index is 13.3. The highest BCUT2D eigenvalue weighted by Crippen LogP contribution is 2.23. The molecule has 4 aromatic rings. The predicted molar refractivity (Wildman–Crippen MR) is 160 cm³/mol. The number of pyridine rings is 1. The molecule has 6 N–H and O–H groups in total. The Hall–Kier alpha value is -5.19. The summed E-state index contributed by atoms with van der Waals surface area (Å²) in [6.07, 6.45) is 3.26. The van der Waals surface area contributed by atoms with Crippen molar-refractivity contribution in [2.24, 2.45) is 10.9 Å². The second-order valence-electron chi connectivity index (χ2n) is 9.86. The molecule has 0 bridgehead atoms. The van der Waals surface area contributed by atoms with E-state index >= 15 is 0 Å². The number of aryl methyl sites for hydroxylation is 1. The van der Waals surface area contributed by atoms with Gasteiger partial charge >= 0.3 is 0 Å². The monoisotopic (exact) mass is 554 g/mol. The topological polar surface area (TPSA) is 163 Å². The van der Waals surface area contributed by atoms with E-state index in [9.17, 15) is 9.59 Å². The Balaban J connectivity index is 1.43. The van der Waals surface area contributed by atoms with E-state index in [1.54, 1.807) is 30.6 Å². The average molecular weight is 555 g/mol. The van der Waals surface area contributed by atoms with Gasteiger partial charge in [0.1, 0.15) is 6.54 Å². The van der Waals surface area contributed by atoms with Crippen molar-refractivity contribution in [1.82, 2.24) is 19.9 Å². The molecule has 11 heteroatoms. The fraction of sp³-hybridized carbons (Fsp3) is 0.233. The molecule has 0 spiro atoms. The van der Waals surface area contributed by atoms with Gasteiger partial charge in [0.05, 0.1) is 17.6 Å². The Morgan fingerprint density at radius 3 is 2.56 bits per heavy atom. The van der Waals surface area contributed by atoms with Crippen LogP contribution in [0.1, 0.15) is 36.2 Å². The molecule has 0 aliphatic rings. The summed E-state index contributed by atoms with van der Waals surface area (Å²) in [5.74, 6) is 0.0727. The molecule has 212 valence electrons. The summed E-state index contributed by atoms with van der Waals surface area (Å²) >= 11 is 0. The van der Waals surface area contributed by atoms with Gasteiger partial charge in [0.2, 0.25) is 5.91 Å². The average Bonchev–Trinajstić information content (AvgIpc) is 2.94. The fourth-order valence-electron chi connectivity index (χ4n) is 4.11. The summed E-state index contributed by atoms with van der Waals surface area (Å²) < 4.78 is 1.41. The molecule has 0 atom stereocenters. The molecule has 1 amide bonds. The van der Waals surface area contributed by atoms with Gasteiger partial charge in [-0.15, -0.1) is 0 Å². The minimum Gasteiger partial charge on any atom is -0.399 e. The van der Waals surface area contributed by atoms with Crippen LogP contribution in [0, 0.1) is 6.92 Å². The first-order valence-electron chi connectivity index (χ1n) is 13.1. The lowest BCUT2D eigenvalue weighted by atomic mass is 10.1. The third-order valence-corrected chi connectivity index (χ3v) is 6.02. The van der Waals surface area contributed by atoms with Crippen LogP contribution in [0.25, 0.3) is 11.3 Å². The van der Waals surface area contributed by atoms with Gasteiger partial charge in [-0.25, -0.2) is 4.98 Å². The minimum atomic E-state index is -0.393. The number of rotatable bonds is 11. The zero-order valence-corrected chi connectivity index (χ0v) is 23.3. The first kappa shape index (κ1) is 28.8.